The zero-order valence-electron chi connectivity index (χ0n) is 15.0. The summed E-state index contributed by atoms with van der Waals surface area (Å²) in [5, 5.41) is 6.33. The fraction of sp³-hybridized carbons (Fsp3) is 0.545. The zero-order valence-corrected chi connectivity index (χ0v) is 15.0. The van der Waals surface area contributed by atoms with E-state index >= 15 is 0 Å². The topological polar surface area (TPSA) is 32.7 Å². The molecule has 0 radical (unpaired) electrons. The van der Waals surface area contributed by atoms with Crippen molar-refractivity contribution >= 4 is 10.8 Å². The third-order valence-electron chi connectivity index (χ3n) is 6.37. The van der Waals surface area contributed by atoms with Crippen LogP contribution >= 0.6 is 0 Å². The van der Waals surface area contributed by atoms with Gasteiger partial charge >= 0.3 is 0 Å². The van der Waals surface area contributed by atoms with Crippen LogP contribution in [0.4, 0.5) is 0 Å². The normalized spacial score (nSPS) is 22.1. The Kier molecular flexibility index (Phi) is 4.85. The number of rotatable bonds is 5. The molecule has 2 fully saturated rings. The maximum absolute atomic E-state index is 12.1. The van der Waals surface area contributed by atoms with Gasteiger partial charge in [0.15, 0.2) is 0 Å². The van der Waals surface area contributed by atoms with Gasteiger partial charge in [0.05, 0.1) is 0 Å². The number of hydrogen-bond donors (Lipinski definition) is 0. The van der Waals surface area contributed by atoms with Crippen LogP contribution in [0.1, 0.15) is 56.4 Å². The molecule has 2 aromatic carbocycles. The van der Waals surface area contributed by atoms with Crippen LogP contribution in [-0.4, -0.2) is 30.1 Å². The molecule has 2 aromatic rings. The summed E-state index contributed by atoms with van der Waals surface area (Å²) in [5.74, 6) is 0.216. The van der Waals surface area contributed by atoms with E-state index in [1.165, 1.54) is 48.7 Å². The van der Waals surface area contributed by atoms with E-state index < -0.39 is 5.54 Å². The summed E-state index contributed by atoms with van der Waals surface area (Å²) < 4.78 is 0. The quantitative estimate of drug-likeness (QED) is 0.676. The van der Waals surface area contributed by atoms with Gasteiger partial charge in [-0.1, -0.05) is 66.9 Å². The lowest BCUT2D eigenvalue weighted by Gasteiger charge is -2.40. The van der Waals surface area contributed by atoms with E-state index in [4.69, 9.17) is 0 Å². The highest BCUT2D eigenvalue weighted by Gasteiger charge is 2.43. The SMILES string of the molecule is O=NC1(C(CN2CCCC2)c2ccc3ccccc3c2)CCCCC1. The maximum Gasteiger partial charge on any atom is 0.111 e. The van der Waals surface area contributed by atoms with Crippen molar-refractivity contribution in [2.75, 3.05) is 19.6 Å². The van der Waals surface area contributed by atoms with Gasteiger partial charge in [-0.05, 0) is 55.1 Å². The van der Waals surface area contributed by atoms with Gasteiger partial charge in [0.1, 0.15) is 5.54 Å². The van der Waals surface area contributed by atoms with Crippen molar-refractivity contribution in [2.24, 2.45) is 5.18 Å². The van der Waals surface area contributed by atoms with E-state index in [0.29, 0.717) is 0 Å². The largest absolute Gasteiger partial charge is 0.303 e. The lowest BCUT2D eigenvalue weighted by atomic mass is 9.70. The van der Waals surface area contributed by atoms with Gasteiger partial charge in [0.2, 0.25) is 0 Å². The van der Waals surface area contributed by atoms with Crippen molar-refractivity contribution in [2.45, 2.75) is 56.4 Å². The summed E-state index contributed by atoms with van der Waals surface area (Å²) in [6.07, 6.45) is 7.97. The van der Waals surface area contributed by atoms with E-state index in [-0.39, 0.29) is 5.92 Å². The molecule has 3 nitrogen and oxygen atoms in total. The molecule has 25 heavy (non-hydrogen) atoms. The van der Waals surface area contributed by atoms with Gasteiger partial charge < -0.3 is 4.90 Å². The molecule has 0 aromatic heterocycles. The fourth-order valence-corrected chi connectivity index (χ4v) is 4.90. The average molecular weight is 336 g/mol. The van der Waals surface area contributed by atoms with Gasteiger partial charge in [0, 0.05) is 12.5 Å². The third-order valence-corrected chi connectivity index (χ3v) is 6.37. The second-order valence-electron chi connectivity index (χ2n) is 7.92. The first-order valence-corrected chi connectivity index (χ1v) is 9.86. The number of nitrogens with zero attached hydrogens (tertiary/aromatic N) is 2. The molecule has 2 aliphatic rings. The predicted octanol–water partition coefficient (Wildman–Crippen LogP) is 5.49. The summed E-state index contributed by atoms with van der Waals surface area (Å²) in [4.78, 5) is 14.6. The molecule has 0 amide bonds. The number of nitroso groups, excluding NO2 is 1. The first-order chi connectivity index (χ1) is 12.3. The van der Waals surface area contributed by atoms with Crippen LogP contribution in [0.15, 0.2) is 47.6 Å². The van der Waals surface area contributed by atoms with Crippen LogP contribution in [0.2, 0.25) is 0 Å². The molecule has 1 aliphatic carbocycles. The Balaban J connectivity index is 1.73. The minimum atomic E-state index is -0.413. The van der Waals surface area contributed by atoms with Crippen LogP contribution in [0, 0.1) is 4.91 Å². The Morgan fingerprint density at radius 2 is 1.64 bits per heavy atom. The average Bonchev–Trinajstić information content (AvgIpc) is 3.19. The highest BCUT2D eigenvalue weighted by atomic mass is 16.3. The fourth-order valence-electron chi connectivity index (χ4n) is 4.90. The molecule has 1 unspecified atom stereocenters. The highest BCUT2D eigenvalue weighted by molar-refractivity contribution is 5.83. The Morgan fingerprint density at radius 3 is 2.36 bits per heavy atom. The summed E-state index contributed by atoms with van der Waals surface area (Å²) in [6.45, 7) is 3.31. The minimum absolute atomic E-state index is 0.216. The molecular formula is C22H28N2O. The second kappa shape index (κ2) is 7.25. The smallest absolute Gasteiger partial charge is 0.111 e. The lowest BCUT2D eigenvalue weighted by Crippen LogP contribution is -2.42. The Labute approximate surface area is 150 Å². The zero-order chi connectivity index (χ0) is 17.1. The molecule has 1 heterocycles. The van der Waals surface area contributed by atoms with Crippen molar-refractivity contribution in [3.63, 3.8) is 0 Å². The van der Waals surface area contributed by atoms with Crippen LogP contribution in [0.25, 0.3) is 10.8 Å². The summed E-state index contributed by atoms with van der Waals surface area (Å²) in [5.41, 5.74) is 0.885. The van der Waals surface area contributed by atoms with Gasteiger partial charge in [-0.3, -0.25) is 0 Å². The molecular weight excluding hydrogens is 308 g/mol. The second-order valence-corrected chi connectivity index (χ2v) is 7.92. The van der Waals surface area contributed by atoms with Crippen molar-refractivity contribution in [3.8, 4) is 0 Å². The Bertz CT molecular complexity index is 730. The van der Waals surface area contributed by atoms with E-state index in [2.05, 4.69) is 52.5 Å². The number of benzene rings is 2. The van der Waals surface area contributed by atoms with Crippen LogP contribution < -0.4 is 0 Å². The van der Waals surface area contributed by atoms with E-state index in [9.17, 15) is 4.91 Å². The lowest BCUT2D eigenvalue weighted by molar-refractivity contribution is 0.197. The van der Waals surface area contributed by atoms with Crippen LogP contribution in [0.3, 0.4) is 0 Å². The van der Waals surface area contributed by atoms with E-state index in [1.807, 2.05) is 0 Å². The molecule has 1 saturated heterocycles. The van der Waals surface area contributed by atoms with Crippen LogP contribution in [0.5, 0.6) is 0 Å². The van der Waals surface area contributed by atoms with E-state index in [0.717, 1.165) is 32.2 Å². The third kappa shape index (κ3) is 3.35. The molecule has 0 spiro atoms. The molecule has 132 valence electrons. The molecule has 4 rings (SSSR count). The van der Waals surface area contributed by atoms with Crippen LogP contribution in [-0.2, 0) is 0 Å². The maximum atomic E-state index is 12.1. The standard InChI is InChI=1S/C22H28N2O/c25-23-22(12-4-1-5-13-22)21(17-24-14-6-7-15-24)20-11-10-18-8-2-3-9-19(18)16-20/h2-3,8-11,16,21H,1,4-7,12-15,17H2. The molecule has 0 N–H and O–H groups in total. The van der Waals surface area contributed by atoms with Gasteiger partial charge in [0.25, 0.3) is 0 Å². The number of hydrogen-bond acceptors (Lipinski definition) is 3. The van der Waals surface area contributed by atoms with Gasteiger partial charge in [-0.2, -0.15) is 4.91 Å². The first-order valence-electron chi connectivity index (χ1n) is 9.86. The molecule has 1 aliphatic heterocycles. The van der Waals surface area contributed by atoms with Crippen molar-refractivity contribution in [1.29, 1.82) is 0 Å². The first kappa shape index (κ1) is 16.7. The Morgan fingerprint density at radius 1 is 0.920 bits per heavy atom. The molecule has 1 saturated carbocycles. The Hall–Kier alpha value is -1.74. The van der Waals surface area contributed by atoms with Crippen molar-refractivity contribution in [3.05, 3.63) is 52.9 Å². The highest BCUT2D eigenvalue weighted by Crippen LogP contribution is 2.44. The molecule has 0 bridgehead atoms. The monoisotopic (exact) mass is 336 g/mol. The minimum Gasteiger partial charge on any atom is -0.303 e. The molecule has 3 heteroatoms. The van der Waals surface area contributed by atoms with Gasteiger partial charge in [-0.25, -0.2) is 0 Å². The van der Waals surface area contributed by atoms with Crippen molar-refractivity contribution < 1.29 is 0 Å². The summed E-state index contributed by atoms with van der Waals surface area (Å²) in [6, 6.07) is 15.3. The van der Waals surface area contributed by atoms with Crippen molar-refractivity contribution in [1.82, 2.24) is 4.90 Å². The van der Waals surface area contributed by atoms with Gasteiger partial charge in [-0.15, -0.1) is 0 Å². The van der Waals surface area contributed by atoms with E-state index in [1.54, 1.807) is 0 Å². The molecule has 1 atom stereocenters. The number of likely N-dealkylation sites (tertiary alicyclic amines) is 1. The summed E-state index contributed by atoms with van der Waals surface area (Å²) >= 11 is 0. The predicted molar refractivity (Wildman–Crippen MR) is 104 cm³/mol. The summed E-state index contributed by atoms with van der Waals surface area (Å²) in [7, 11) is 0. The number of fused-ring (bicyclic) bond motifs is 1.